The molecule has 88 valence electrons. The quantitative estimate of drug-likeness (QED) is 0.842. The summed E-state index contributed by atoms with van der Waals surface area (Å²) in [5.74, 6) is 0.635. The Balaban J connectivity index is 1.99. The highest BCUT2D eigenvalue weighted by Crippen LogP contribution is 2.34. The van der Waals surface area contributed by atoms with Crippen LogP contribution in [-0.4, -0.2) is 24.5 Å². The van der Waals surface area contributed by atoms with Crippen LogP contribution in [0, 0.1) is 11.3 Å². The van der Waals surface area contributed by atoms with E-state index >= 15 is 0 Å². The zero-order valence-corrected chi connectivity index (χ0v) is 10.3. The van der Waals surface area contributed by atoms with Gasteiger partial charge in [0.1, 0.15) is 0 Å². The molecule has 0 aliphatic carbocycles. The molecule has 1 atom stereocenters. The van der Waals surface area contributed by atoms with Crippen LogP contribution in [0.5, 0.6) is 0 Å². The molecule has 1 aliphatic heterocycles. The Hall–Kier alpha value is -0.860. The van der Waals surface area contributed by atoms with Gasteiger partial charge in [0.05, 0.1) is 0 Å². The summed E-state index contributed by atoms with van der Waals surface area (Å²) in [5.41, 5.74) is 7.60. The minimum atomic E-state index is 0.365. The van der Waals surface area contributed by atoms with Gasteiger partial charge in [-0.25, -0.2) is 0 Å². The molecule has 2 N–H and O–H groups in total. The number of benzene rings is 1. The molecule has 0 bridgehead atoms. The smallest absolute Gasteiger partial charge is 0.0234 e. The topological polar surface area (TPSA) is 29.3 Å². The van der Waals surface area contributed by atoms with Gasteiger partial charge in [0.25, 0.3) is 0 Å². The highest BCUT2D eigenvalue weighted by molar-refractivity contribution is 5.15. The molecule has 1 heterocycles. The highest BCUT2D eigenvalue weighted by atomic mass is 15.2. The maximum absolute atomic E-state index is 5.84. The Morgan fingerprint density at radius 3 is 2.56 bits per heavy atom. The first-order chi connectivity index (χ1) is 7.62. The van der Waals surface area contributed by atoms with E-state index < -0.39 is 0 Å². The van der Waals surface area contributed by atoms with Crippen LogP contribution in [0.1, 0.15) is 19.4 Å². The van der Waals surface area contributed by atoms with E-state index in [1.807, 2.05) is 0 Å². The van der Waals surface area contributed by atoms with Gasteiger partial charge < -0.3 is 5.73 Å². The van der Waals surface area contributed by atoms with Crippen LogP contribution >= 0.6 is 0 Å². The Bertz CT molecular complexity index is 332. The fourth-order valence-corrected chi connectivity index (χ4v) is 2.68. The molecule has 0 aromatic heterocycles. The van der Waals surface area contributed by atoms with Gasteiger partial charge in [0.15, 0.2) is 0 Å². The molecule has 2 rings (SSSR count). The monoisotopic (exact) mass is 218 g/mol. The minimum absolute atomic E-state index is 0.365. The maximum atomic E-state index is 5.84. The third-order valence-corrected chi connectivity index (χ3v) is 3.75. The standard InChI is InChI=1S/C14H22N2/c1-14(2)11-16(10-13(14)8-15)9-12-6-4-3-5-7-12/h3-7,13H,8-11,15H2,1-2H3. The molecule has 1 aromatic rings. The molecule has 1 unspecified atom stereocenters. The lowest BCUT2D eigenvalue weighted by Crippen LogP contribution is -2.28. The zero-order chi connectivity index (χ0) is 11.6. The van der Waals surface area contributed by atoms with Gasteiger partial charge >= 0.3 is 0 Å². The average molecular weight is 218 g/mol. The maximum Gasteiger partial charge on any atom is 0.0234 e. The van der Waals surface area contributed by atoms with Crippen molar-refractivity contribution >= 4 is 0 Å². The van der Waals surface area contributed by atoms with Gasteiger partial charge in [0, 0.05) is 19.6 Å². The Morgan fingerprint density at radius 1 is 1.31 bits per heavy atom. The van der Waals surface area contributed by atoms with Crippen LogP contribution in [0.15, 0.2) is 30.3 Å². The van der Waals surface area contributed by atoms with Crippen molar-refractivity contribution in [3.8, 4) is 0 Å². The van der Waals surface area contributed by atoms with Gasteiger partial charge in [-0.3, -0.25) is 4.90 Å². The lowest BCUT2D eigenvalue weighted by atomic mass is 9.82. The summed E-state index contributed by atoms with van der Waals surface area (Å²) in [4.78, 5) is 2.52. The molecule has 2 nitrogen and oxygen atoms in total. The van der Waals surface area contributed by atoms with E-state index in [0.717, 1.165) is 26.2 Å². The van der Waals surface area contributed by atoms with E-state index in [4.69, 9.17) is 5.73 Å². The predicted octanol–water partition coefficient (Wildman–Crippen LogP) is 2.10. The normalized spacial score (nSPS) is 24.8. The van der Waals surface area contributed by atoms with Crippen LogP contribution in [0.3, 0.4) is 0 Å². The third-order valence-electron chi connectivity index (χ3n) is 3.75. The number of nitrogens with zero attached hydrogens (tertiary/aromatic N) is 1. The van der Waals surface area contributed by atoms with Gasteiger partial charge in [-0.05, 0) is 23.4 Å². The number of likely N-dealkylation sites (tertiary alicyclic amines) is 1. The van der Waals surface area contributed by atoms with E-state index in [1.165, 1.54) is 5.56 Å². The lowest BCUT2D eigenvalue weighted by molar-refractivity contribution is 0.271. The predicted molar refractivity (Wildman–Crippen MR) is 68.0 cm³/mol. The van der Waals surface area contributed by atoms with Crippen molar-refractivity contribution in [3.63, 3.8) is 0 Å². The number of hydrogen-bond acceptors (Lipinski definition) is 2. The second kappa shape index (κ2) is 4.56. The van der Waals surface area contributed by atoms with E-state index in [2.05, 4.69) is 49.1 Å². The van der Waals surface area contributed by atoms with Crippen molar-refractivity contribution < 1.29 is 0 Å². The molecule has 1 saturated heterocycles. The zero-order valence-electron chi connectivity index (χ0n) is 10.3. The van der Waals surface area contributed by atoms with Crippen LogP contribution < -0.4 is 5.73 Å². The molecule has 1 aromatic carbocycles. The molecule has 1 aliphatic rings. The molecule has 0 spiro atoms. The second-order valence-corrected chi connectivity index (χ2v) is 5.58. The molecule has 0 amide bonds. The van der Waals surface area contributed by atoms with E-state index in [0.29, 0.717) is 11.3 Å². The summed E-state index contributed by atoms with van der Waals surface area (Å²) in [7, 11) is 0. The van der Waals surface area contributed by atoms with Crippen LogP contribution in [-0.2, 0) is 6.54 Å². The summed E-state index contributed by atoms with van der Waals surface area (Å²) >= 11 is 0. The average Bonchev–Trinajstić information content (AvgIpc) is 2.54. The summed E-state index contributed by atoms with van der Waals surface area (Å²) in [6.07, 6.45) is 0. The molecule has 0 saturated carbocycles. The molecule has 2 heteroatoms. The molecular formula is C14H22N2. The van der Waals surface area contributed by atoms with Crippen molar-refractivity contribution in [1.82, 2.24) is 4.90 Å². The van der Waals surface area contributed by atoms with Gasteiger partial charge in [0.2, 0.25) is 0 Å². The Kier molecular flexibility index (Phi) is 3.31. The molecular weight excluding hydrogens is 196 g/mol. The second-order valence-electron chi connectivity index (χ2n) is 5.58. The fourth-order valence-electron chi connectivity index (χ4n) is 2.68. The van der Waals surface area contributed by atoms with Crippen LogP contribution in [0.4, 0.5) is 0 Å². The molecule has 16 heavy (non-hydrogen) atoms. The fraction of sp³-hybridized carbons (Fsp3) is 0.571. The first kappa shape index (κ1) is 11.6. The minimum Gasteiger partial charge on any atom is -0.330 e. The van der Waals surface area contributed by atoms with Crippen LogP contribution in [0.25, 0.3) is 0 Å². The van der Waals surface area contributed by atoms with E-state index in [-0.39, 0.29) is 0 Å². The Labute approximate surface area is 98.4 Å². The number of hydrogen-bond donors (Lipinski definition) is 1. The summed E-state index contributed by atoms with van der Waals surface area (Å²) in [6.45, 7) is 8.81. The molecule has 0 radical (unpaired) electrons. The van der Waals surface area contributed by atoms with Gasteiger partial charge in [-0.15, -0.1) is 0 Å². The first-order valence-electron chi connectivity index (χ1n) is 6.08. The van der Waals surface area contributed by atoms with Crippen molar-refractivity contribution in [2.45, 2.75) is 20.4 Å². The number of nitrogens with two attached hydrogens (primary N) is 1. The van der Waals surface area contributed by atoms with E-state index in [1.54, 1.807) is 0 Å². The summed E-state index contributed by atoms with van der Waals surface area (Å²) in [5, 5.41) is 0. The van der Waals surface area contributed by atoms with Crippen molar-refractivity contribution in [3.05, 3.63) is 35.9 Å². The lowest BCUT2D eigenvalue weighted by Gasteiger charge is -2.24. The van der Waals surface area contributed by atoms with Crippen molar-refractivity contribution in [2.24, 2.45) is 17.1 Å². The molecule has 1 fully saturated rings. The number of rotatable bonds is 3. The largest absolute Gasteiger partial charge is 0.330 e. The summed E-state index contributed by atoms with van der Waals surface area (Å²) in [6, 6.07) is 10.7. The van der Waals surface area contributed by atoms with E-state index in [9.17, 15) is 0 Å². The van der Waals surface area contributed by atoms with Gasteiger partial charge in [-0.2, -0.15) is 0 Å². The highest BCUT2D eigenvalue weighted by Gasteiger charge is 2.37. The summed E-state index contributed by atoms with van der Waals surface area (Å²) < 4.78 is 0. The van der Waals surface area contributed by atoms with Crippen molar-refractivity contribution in [2.75, 3.05) is 19.6 Å². The Morgan fingerprint density at radius 2 is 2.00 bits per heavy atom. The van der Waals surface area contributed by atoms with Crippen molar-refractivity contribution in [1.29, 1.82) is 0 Å². The van der Waals surface area contributed by atoms with Crippen LogP contribution in [0.2, 0.25) is 0 Å². The first-order valence-corrected chi connectivity index (χ1v) is 6.08. The SMILES string of the molecule is CC1(C)CN(Cc2ccccc2)CC1CN. The van der Waals surface area contributed by atoms with Gasteiger partial charge in [-0.1, -0.05) is 44.2 Å². The third kappa shape index (κ3) is 2.45.